The van der Waals surface area contributed by atoms with Crippen molar-refractivity contribution in [3.63, 3.8) is 0 Å². The predicted octanol–water partition coefficient (Wildman–Crippen LogP) is 1.26. The van der Waals surface area contributed by atoms with Gasteiger partial charge < -0.3 is 64.2 Å². The number of ketones is 1. The van der Waals surface area contributed by atoms with E-state index in [1.165, 1.54) is 0 Å². The monoisotopic (exact) mass is 770 g/mol. The van der Waals surface area contributed by atoms with E-state index in [4.69, 9.17) is 28.4 Å². The molecule has 54 heavy (non-hydrogen) atoms. The van der Waals surface area contributed by atoms with E-state index in [-0.39, 0.29) is 59.8 Å². The Morgan fingerprint density at radius 2 is 1.63 bits per heavy atom. The molecule has 7 fully saturated rings. The fourth-order valence-corrected chi connectivity index (χ4v) is 13.0. The zero-order valence-electron chi connectivity index (χ0n) is 32.8. The molecule has 7 N–H and O–H groups in total. The smallest absolute Gasteiger partial charge is 0.186 e. The Morgan fingerprint density at radius 3 is 2.33 bits per heavy atom. The molecule has 0 bridgehead atoms. The molecular formula is C40H66O14. The van der Waals surface area contributed by atoms with Gasteiger partial charge in [0.2, 0.25) is 0 Å². The molecule has 7 rings (SSSR count). The molecule has 0 aromatic carbocycles. The zero-order valence-corrected chi connectivity index (χ0v) is 32.8. The van der Waals surface area contributed by atoms with Gasteiger partial charge in [-0.3, -0.25) is 4.79 Å². The number of aliphatic hydroxyl groups excluding tert-OH is 7. The first kappa shape index (κ1) is 41.3. The normalized spacial score (nSPS) is 55.1. The maximum Gasteiger partial charge on any atom is 0.186 e. The molecule has 4 saturated carbocycles. The first-order valence-electron chi connectivity index (χ1n) is 20.4. The van der Waals surface area contributed by atoms with Crippen molar-refractivity contribution in [1.29, 1.82) is 0 Å². The molecule has 0 amide bonds. The SMILES string of the molecule is COC1(CCC(C)COC2OC(CO)C(O)C(O)C2O)OC2CC3C4CC(OC5OCC(O)C(O)C5O)C5(C)CC(=O)CCC5(C)C4CCC3(C)C2C1C. The van der Waals surface area contributed by atoms with E-state index < -0.39 is 73.1 Å². The number of hydrogen-bond donors (Lipinski definition) is 7. The predicted molar refractivity (Wildman–Crippen MR) is 190 cm³/mol. The Hall–Kier alpha value is -0.850. The molecule has 14 nitrogen and oxygen atoms in total. The molecule has 310 valence electrons. The summed E-state index contributed by atoms with van der Waals surface area (Å²) in [6, 6.07) is 0. The van der Waals surface area contributed by atoms with E-state index in [1.54, 1.807) is 7.11 Å². The van der Waals surface area contributed by atoms with Crippen LogP contribution in [0.2, 0.25) is 0 Å². The van der Waals surface area contributed by atoms with Gasteiger partial charge in [0.15, 0.2) is 18.4 Å². The van der Waals surface area contributed by atoms with Gasteiger partial charge in [-0.2, -0.15) is 0 Å². The Labute approximate surface area is 318 Å². The van der Waals surface area contributed by atoms with Crippen LogP contribution in [0, 0.1) is 51.8 Å². The third-order valence-corrected chi connectivity index (χ3v) is 16.4. The van der Waals surface area contributed by atoms with E-state index in [0.717, 1.165) is 25.7 Å². The highest BCUT2D eigenvalue weighted by Gasteiger charge is 2.71. The van der Waals surface area contributed by atoms with Crippen molar-refractivity contribution in [2.24, 2.45) is 51.8 Å². The summed E-state index contributed by atoms with van der Waals surface area (Å²) < 4.78 is 37.1. The number of fused-ring (bicyclic) bond motifs is 7. The van der Waals surface area contributed by atoms with Crippen LogP contribution in [-0.4, -0.2) is 142 Å². The van der Waals surface area contributed by atoms with Gasteiger partial charge in [0.25, 0.3) is 0 Å². The molecule has 0 aromatic rings. The number of rotatable bonds is 10. The summed E-state index contributed by atoms with van der Waals surface area (Å²) in [7, 11) is 1.72. The molecule has 7 aliphatic rings. The first-order valence-corrected chi connectivity index (χ1v) is 20.4. The van der Waals surface area contributed by atoms with Gasteiger partial charge in [0.05, 0.1) is 32.0 Å². The van der Waals surface area contributed by atoms with Crippen LogP contribution >= 0.6 is 0 Å². The van der Waals surface area contributed by atoms with Crippen molar-refractivity contribution >= 4 is 5.78 Å². The fourth-order valence-electron chi connectivity index (χ4n) is 13.0. The highest BCUT2D eigenvalue weighted by Crippen LogP contribution is 2.73. The summed E-state index contributed by atoms with van der Waals surface area (Å²) in [5.41, 5.74) is -0.681. The largest absolute Gasteiger partial charge is 0.394 e. The van der Waals surface area contributed by atoms with Gasteiger partial charge in [-0.25, -0.2) is 0 Å². The standard InChI is InChI=1S/C40H66O14/c1-19(17-50-35-34(48)32(46)31(45)27(16-41)52-35)7-12-40(49-6)20(2)29-26(54-40)14-24-22-13-28(53-36-33(47)30(44)25(43)18-51-36)39(5)15-21(42)8-11-38(39,4)23(22)9-10-37(24,29)3/h19-20,22-36,41,43-48H,7-18H2,1-6H3. The maximum absolute atomic E-state index is 13.1. The lowest BCUT2D eigenvalue weighted by Crippen LogP contribution is -2.65. The van der Waals surface area contributed by atoms with Crippen LogP contribution in [0.1, 0.15) is 92.4 Å². The second-order valence-electron chi connectivity index (χ2n) is 19.0. The van der Waals surface area contributed by atoms with Crippen molar-refractivity contribution in [3.05, 3.63) is 0 Å². The number of carbonyl (C=O) groups is 1. The molecular weight excluding hydrogens is 704 g/mol. The molecule has 3 saturated heterocycles. The van der Waals surface area contributed by atoms with Crippen molar-refractivity contribution in [3.8, 4) is 0 Å². The Bertz CT molecular complexity index is 1350. The number of hydrogen-bond acceptors (Lipinski definition) is 14. The fraction of sp³-hybridized carbons (Fsp3) is 0.975. The average molecular weight is 771 g/mol. The third-order valence-electron chi connectivity index (χ3n) is 16.4. The minimum absolute atomic E-state index is 0.00271. The molecule has 0 spiro atoms. The van der Waals surface area contributed by atoms with Crippen molar-refractivity contribution in [2.75, 3.05) is 26.9 Å². The van der Waals surface area contributed by atoms with E-state index in [2.05, 4.69) is 27.7 Å². The van der Waals surface area contributed by atoms with Crippen molar-refractivity contribution in [2.45, 2.75) is 166 Å². The van der Waals surface area contributed by atoms with E-state index in [9.17, 15) is 40.5 Å². The van der Waals surface area contributed by atoms with Crippen LogP contribution in [0.3, 0.4) is 0 Å². The lowest BCUT2D eigenvalue weighted by Gasteiger charge is -2.66. The van der Waals surface area contributed by atoms with Crippen LogP contribution in [0.4, 0.5) is 0 Å². The van der Waals surface area contributed by atoms with E-state index in [0.29, 0.717) is 49.9 Å². The highest BCUT2D eigenvalue weighted by molar-refractivity contribution is 5.80. The second-order valence-corrected chi connectivity index (χ2v) is 19.0. The Kier molecular flexibility index (Phi) is 11.5. The van der Waals surface area contributed by atoms with Crippen LogP contribution < -0.4 is 0 Å². The van der Waals surface area contributed by atoms with Gasteiger partial charge >= 0.3 is 0 Å². The summed E-state index contributed by atoms with van der Waals surface area (Å²) in [5.74, 6) is 0.864. The molecule has 0 radical (unpaired) electrons. The quantitative estimate of drug-likeness (QED) is 0.156. The number of aliphatic hydroxyl groups is 7. The number of methoxy groups -OCH3 is 1. The third kappa shape index (κ3) is 6.46. The summed E-state index contributed by atoms with van der Waals surface area (Å²) in [6.07, 6.45) is -5.27. The molecule has 4 aliphatic carbocycles. The Balaban J connectivity index is 1.05. The average Bonchev–Trinajstić information content (AvgIpc) is 3.60. The number of carbonyl (C=O) groups excluding carboxylic acids is 1. The second kappa shape index (κ2) is 15.1. The van der Waals surface area contributed by atoms with E-state index >= 15 is 0 Å². The number of ether oxygens (including phenoxy) is 6. The minimum atomic E-state index is -1.49. The molecule has 21 atom stereocenters. The van der Waals surface area contributed by atoms with Crippen LogP contribution in [0.15, 0.2) is 0 Å². The Morgan fingerprint density at radius 1 is 0.907 bits per heavy atom. The van der Waals surface area contributed by atoms with Crippen LogP contribution in [-0.2, 0) is 33.2 Å². The van der Waals surface area contributed by atoms with Crippen LogP contribution in [0.5, 0.6) is 0 Å². The summed E-state index contributed by atoms with van der Waals surface area (Å²) >= 11 is 0. The molecule has 14 heteroatoms. The molecule has 0 aromatic heterocycles. The van der Waals surface area contributed by atoms with E-state index in [1.807, 2.05) is 6.92 Å². The van der Waals surface area contributed by atoms with Crippen molar-refractivity contribution in [1.82, 2.24) is 0 Å². The molecule has 3 aliphatic heterocycles. The van der Waals surface area contributed by atoms with Gasteiger partial charge in [-0.15, -0.1) is 0 Å². The van der Waals surface area contributed by atoms with Crippen molar-refractivity contribution < 1.29 is 69.0 Å². The molecule has 3 heterocycles. The topological polar surface area (TPSA) is 214 Å². The highest BCUT2D eigenvalue weighted by atomic mass is 16.7. The van der Waals surface area contributed by atoms with Crippen LogP contribution in [0.25, 0.3) is 0 Å². The first-order chi connectivity index (χ1) is 25.4. The maximum atomic E-state index is 13.1. The van der Waals surface area contributed by atoms with Gasteiger partial charge in [0.1, 0.15) is 48.5 Å². The molecule has 21 unspecified atom stereocenters. The minimum Gasteiger partial charge on any atom is -0.394 e. The summed E-state index contributed by atoms with van der Waals surface area (Å²) in [6.45, 7) is 10.8. The summed E-state index contributed by atoms with van der Waals surface area (Å²) in [5, 5.41) is 71.7. The van der Waals surface area contributed by atoms with Gasteiger partial charge in [-0.1, -0.05) is 34.6 Å². The lowest BCUT2D eigenvalue weighted by atomic mass is 9.39. The van der Waals surface area contributed by atoms with Gasteiger partial charge in [-0.05, 0) is 78.9 Å². The number of Topliss-reactive ketones (excluding diaryl/α,β-unsaturated/α-hetero) is 1. The lowest BCUT2D eigenvalue weighted by molar-refractivity contribution is -0.316. The summed E-state index contributed by atoms with van der Waals surface area (Å²) in [4.78, 5) is 13.1. The van der Waals surface area contributed by atoms with Gasteiger partial charge in [0, 0.05) is 37.7 Å². The zero-order chi connectivity index (χ0) is 39.1.